The number of ether oxygens (including phenoxy) is 6. The van der Waals surface area contributed by atoms with E-state index in [0.29, 0.717) is 12.8 Å². The normalized spacial score (nSPS) is 29.2. The van der Waals surface area contributed by atoms with Crippen molar-refractivity contribution < 1.29 is 89.4 Å². The van der Waals surface area contributed by atoms with Gasteiger partial charge < -0.3 is 89.9 Å². The first-order valence-corrected chi connectivity index (χ1v) is 33.0. The van der Waals surface area contributed by atoms with Gasteiger partial charge in [0.2, 0.25) is 5.91 Å². The van der Waals surface area contributed by atoms with E-state index in [0.717, 1.165) is 77.0 Å². The van der Waals surface area contributed by atoms with Crippen molar-refractivity contribution in [3.05, 3.63) is 97.2 Å². The van der Waals surface area contributed by atoms with Gasteiger partial charge in [0.15, 0.2) is 18.9 Å². The zero-order chi connectivity index (χ0) is 63.3. The number of aliphatic hydroxyl groups is 11. The predicted molar refractivity (Wildman–Crippen MR) is 337 cm³/mol. The molecule has 17 unspecified atom stereocenters. The molecule has 0 spiro atoms. The number of carbonyl (C=O) groups excluding carboxylic acids is 1. The van der Waals surface area contributed by atoms with Gasteiger partial charge in [-0.25, -0.2) is 0 Å². The summed E-state index contributed by atoms with van der Waals surface area (Å²) in [5, 5.41) is 120. The summed E-state index contributed by atoms with van der Waals surface area (Å²) in [4.78, 5) is 13.3. The summed E-state index contributed by atoms with van der Waals surface area (Å²) in [6.45, 7) is 1.45. The van der Waals surface area contributed by atoms with Crippen LogP contribution in [0.5, 0.6) is 0 Å². The molecular formula is C68H115NO18. The van der Waals surface area contributed by atoms with E-state index in [1.165, 1.54) is 83.5 Å². The summed E-state index contributed by atoms with van der Waals surface area (Å²) in [5.41, 5.74) is 0. The zero-order valence-corrected chi connectivity index (χ0v) is 52.5. The molecule has 3 aliphatic heterocycles. The topological polar surface area (TPSA) is 307 Å². The number of hydrogen-bond donors (Lipinski definition) is 12. The zero-order valence-electron chi connectivity index (χ0n) is 52.5. The van der Waals surface area contributed by atoms with Crippen molar-refractivity contribution in [2.24, 2.45) is 0 Å². The van der Waals surface area contributed by atoms with Crippen molar-refractivity contribution in [2.45, 2.75) is 298 Å². The van der Waals surface area contributed by atoms with Gasteiger partial charge in [-0.05, 0) is 77.0 Å². The first kappa shape index (κ1) is 78.0. The van der Waals surface area contributed by atoms with Gasteiger partial charge in [-0.1, -0.05) is 207 Å². The Morgan fingerprint density at radius 3 is 1.28 bits per heavy atom. The molecule has 3 saturated heterocycles. The highest BCUT2D eigenvalue weighted by Gasteiger charge is 2.53. The number of amides is 1. The van der Waals surface area contributed by atoms with E-state index in [1.807, 2.05) is 6.08 Å². The summed E-state index contributed by atoms with van der Waals surface area (Å²) >= 11 is 0. The highest BCUT2D eigenvalue weighted by atomic mass is 16.8. The molecular weight excluding hydrogens is 1120 g/mol. The predicted octanol–water partition coefficient (Wildman–Crippen LogP) is 7.71. The fraction of sp³-hybridized carbons (Fsp3) is 0.750. The summed E-state index contributed by atoms with van der Waals surface area (Å²) in [6, 6.07) is -0.991. The quantitative estimate of drug-likeness (QED) is 0.0205. The van der Waals surface area contributed by atoms with E-state index in [-0.39, 0.29) is 18.9 Å². The van der Waals surface area contributed by atoms with Crippen LogP contribution in [0.1, 0.15) is 194 Å². The van der Waals surface area contributed by atoms with Crippen LogP contribution in [0, 0.1) is 0 Å². The minimum Gasteiger partial charge on any atom is -0.394 e. The molecule has 0 aromatic carbocycles. The molecule has 19 nitrogen and oxygen atoms in total. The Kier molecular flexibility index (Phi) is 44.3. The maximum absolute atomic E-state index is 13.3. The first-order valence-electron chi connectivity index (χ1n) is 33.0. The molecule has 0 bridgehead atoms. The van der Waals surface area contributed by atoms with Crippen molar-refractivity contribution in [1.82, 2.24) is 5.32 Å². The maximum atomic E-state index is 13.3. The standard InChI is InChI=1S/C68H115NO18/c1-3-5-7-9-11-12-13-14-15-16-17-18-19-20-21-22-23-24-25-26-27-28-29-30-31-32-33-34-35-36-37-38-40-42-44-46-56(74)69-51(52(73)45-43-41-39-10-8-6-4-2)50-82-66-62(80)59(77)64(54(48-71)84-66)87-68-63(81)60(78)65(55(49-72)85-68)86-67-61(79)58(76)57(75)53(47-70)83-67/h5,7-8,10-12,14-15,17-18,20-21,23-24,43,45,51-55,57-68,70-73,75-81H,3-4,6,9,13,16,19,22,25-42,44,46-50H2,1-2H3,(H,69,74)/b7-5-,10-8+,12-11-,15-14-,18-17-,21-20-,24-23-,45-43+. The van der Waals surface area contributed by atoms with Gasteiger partial charge in [0.1, 0.15) is 73.2 Å². The lowest BCUT2D eigenvalue weighted by molar-refractivity contribution is -0.379. The van der Waals surface area contributed by atoms with Gasteiger partial charge in [0, 0.05) is 6.42 Å². The molecule has 3 heterocycles. The first-order chi connectivity index (χ1) is 42.3. The highest BCUT2D eigenvalue weighted by molar-refractivity contribution is 5.76. The van der Waals surface area contributed by atoms with Crippen LogP contribution in [0.25, 0.3) is 0 Å². The Morgan fingerprint density at radius 1 is 0.425 bits per heavy atom. The Hall–Kier alpha value is -3.29. The Morgan fingerprint density at radius 2 is 0.805 bits per heavy atom. The van der Waals surface area contributed by atoms with Gasteiger partial charge in [0.25, 0.3) is 0 Å². The molecule has 3 aliphatic rings. The van der Waals surface area contributed by atoms with Crippen LogP contribution in [0.15, 0.2) is 97.2 Å². The van der Waals surface area contributed by atoms with E-state index >= 15 is 0 Å². The van der Waals surface area contributed by atoms with Crippen LogP contribution in [-0.4, -0.2) is 193 Å². The minimum absolute atomic E-state index is 0.230. The van der Waals surface area contributed by atoms with E-state index < -0.39 is 124 Å². The van der Waals surface area contributed by atoms with Crippen molar-refractivity contribution in [3.63, 3.8) is 0 Å². The van der Waals surface area contributed by atoms with E-state index in [4.69, 9.17) is 28.4 Å². The molecule has 19 heteroatoms. The second kappa shape index (κ2) is 49.4. The maximum Gasteiger partial charge on any atom is 0.220 e. The second-order valence-electron chi connectivity index (χ2n) is 23.2. The van der Waals surface area contributed by atoms with Gasteiger partial charge in [-0.2, -0.15) is 0 Å². The van der Waals surface area contributed by atoms with Gasteiger partial charge in [-0.3, -0.25) is 4.79 Å². The lowest BCUT2D eigenvalue weighted by Gasteiger charge is -2.48. The summed E-state index contributed by atoms with van der Waals surface area (Å²) < 4.78 is 34.1. The molecule has 3 fully saturated rings. The Labute approximate surface area is 520 Å². The van der Waals surface area contributed by atoms with Gasteiger partial charge in [0.05, 0.1) is 38.6 Å². The molecule has 87 heavy (non-hydrogen) atoms. The fourth-order valence-corrected chi connectivity index (χ4v) is 10.5. The molecule has 17 atom stereocenters. The highest BCUT2D eigenvalue weighted by Crippen LogP contribution is 2.33. The number of aliphatic hydroxyl groups excluding tert-OH is 11. The number of allylic oxidation sites excluding steroid dienone is 15. The third kappa shape index (κ3) is 32.0. The van der Waals surface area contributed by atoms with E-state index in [9.17, 15) is 61.0 Å². The van der Waals surface area contributed by atoms with Crippen LogP contribution >= 0.6 is 0 Å². The molecule has 3 rings (SSSR count). The summed E-state index contributed by atoms with van der Waals surface area (Å²) in [7, 11) is 0. The van der Waals surface area contributed by atoms with Crippen molar-refractivity contribution in [2.75, 3.05) is 26.4 Å². The second-order valence-corrected chi connectivity index (χ2v) is 23.2. The summed E-state index contributed by atoms with van der Waals surface area (Å²) in [5.74, 6) is -0.294. The van der Waals surface area contributed by atoms with Crippen LogP contribution in [-0.2, 0) is 33.2 Å². The third-order valence-corrected chi connectivity index (χ3v) is 15.8. The summed E-state index contributed by atoms with van der Waals surface area (Å²) in [6.07, 6.45) is 37.5. The van der Waals surface area contributed by atoms with Crippen LogP contribution in [0.3, 0.4) is 0 Å². The number of nitrogens with one attached hydrogen (secondary N) is 1. The van der Waals surface area contributed by atoms with E-state index in [1.54, 1.807) is 6.08 Å². The molecule has 0 aliphatic carbocycles. The van der Waals surface area contributed by atoms with Crippen molar-refractivity contribution in [3.8, 4) is 0 Å². The van der Waals surface area contributed by atoms with Crippen molar-refractivity contribution in [1.29, 1.82) is 0 Å². The van der Waals surface area contributed by atoms with Crippen LogP contribution in [0.2, 0.25) is 0 Å². The Balaban J connectivity index is 1.30. The largest absolute Gasteiger partial charge is 0.394 e. The molecule has 500 valence electrons. The fourth-order valence-electron chi connectivity index (χ4n) is 10.5. The van der Waals surface area contributed by atoms with Crippen molar-refractivity contribution >= 4 is 5.91 Å². The lowest BCUT2D eigenvalue weighted by atomic mass is 9.96. The number of carbonyl (C=O) groups is 1. The molecule has 0 aromatic rings. The molecule has 0 aromatic heterocycles. The van der Waals surface area contributed by atoms with Crippen LogP contribution in [0.4, 0.5) is 0 Å². The Bertz CT molecular complexity index is 1960. The van der Waals surface area contributed by atoms with Gasteiger partial charge in [-0.15, -0.1) is 0 Å². The molecule has 12 N–H and O–H groups in total. The number of unbranched alkanes of at least 4 members (excludes halogenated alkanes) is 18. The minimum atomic E-state index is -1.98. The number of hydrogen-bond acceptors (Lipinski definition) is 18. The van der Waals surface area contributed by atoms with Gasteiger partial charge >= 0.3 is 0 Å². The average molecular weight is 1230 g/mol. The molecule has 1 amide bonds. The average Bonchev–Trinajstić information content (AvgIpc) is 2.35. The molecule has 0 radical (unpaired) electrons. The molecule has 0 saturated carbocycles. The smallest absolute Gasteiger partial charge is 0.220 e. The monoisotopic (exact) mass is 1230 g/mol. The SMILES string of the molecule is CC/C=C\C/C=C\C/C=C\C/C=C\C/C=C\C/C=C\CCCCCCCCCCCCCCCCCCC(=O)NC(COC1OC(CO)C(OC2OC(CO)C(OC3OC(CO)C(O)C(O)C3O)C(O)C2O)C(O)C1O)C(O)/C=C/CC/C=C/CCC. The van der Waals surface area contributed by atoms with E-state index in [2.05, 4.69) is 104 Å². The lowest BCUT2D eigenvalue weighted by Crippen LogP contribution is -2.66. The number of rotatable bonds is 48. The third-order valence-electron chi connectivity index (χ3n) is 15.8. The van der Waals surface area contributed by atoms with Crippen LogP contribution < -0.4 is 5.32 Å².